The predicted octanol–water partition coefficient (Wildman–Crippen LogP) is 3.54. The van der Waals surface area contributed by atoms with Crippen LogP contribution in [0.3, 0.4) is 0 Å². The predicted molar refractivity (Wildman–Crippen MR) is 68.4 cm³/mol. The van der Waals surface area contributed by atoms with Crippen molar-refractivity contribution in [3.05, 3.63) is 22.4 Å². The van der Waals surface area contributed by atoms with E-state index in [1.807, 2.05) is 23.1 Å². The topological polar surface area (TPSA) is 12.0 Å². The van der Waals surface area contributed by atoms with Gasteiger partial charge in [0, 0.05) is 10.9 Å². The number of hydrogen-bond donors (Lipinski definition) is 1. The van der Waals surface area contributed by atoms with Crippen molar-refractivity contribution in [1.29, 1.82) is 0 Å². The summed E-state index contributed by atoms with van der Waals surface area (Å²) in [5.41, 5.74) is 0. The average molecular weight is 229 g/mol. The fourth-order valence-corrected chi connectivity index (χ4v) is 2.67. The molecular formula is C11H19NS2. The standard InChI is InChI=1S/C11H19NS2/c1-3-13-8-5-7-12-10(2)11-6-4-9-14-11/h4,6,9-10,12H,3,5,7-8H2,1-2H3/t10-/m0/s1. The van der Waals surface area contributed by atoms with Gasteiger partial charge in [-0.3, -0.25) is 0 Å². The Hall–Kier alpha value is 0.01000. The van der Waals surface area contributed by atoms with Crippen LogP contribution in [-0.2, 0) is 0 Å². The summed E-state index contributed by atoms with van der Waals surface area (Å²) in [5.74, 6) is 2.52. The molecule has 0 amide bonds. The summed E-state index contributed by atoms with van der Waals surface area (Å²) in [4.78, 5) is 1.44. The molecule has 3 heteroatoms. The minimum Gasteiger partial charge on any atom is -0.309 e. The van der Waals surface area contributed by atoms with Crippen LogP contribution >= 0.6 is 23.1 Å². The second kappa shape index (κ2) is 7.32. The lowest BCUT2D eigenvalue weighted by Gasteiger charge is -2.11. The summed E-state index contributed by atoms with van der Waals surface area (Å²) in [6.07, 6.45) is 1.27. The molecule has 0 fully saturated rings. The molecular weight excluding hydrogens is 210 g/mol. The molecule has 1 rings (SSSR count). The van der Waals surface area contributed by atoms with Crippen LogP contribution in [0.4, 0.5) is 0 Å². The second-order valence-corrected chi connectivity index (χ2v) is 5.61. The van der Waals surface area contributed by atoms with Gasteiger partial charge in [-0.2, -0.15) is 11.8 Å². The molecule has 0 spiro atoms. The van der Waals surface area contributed by atoms with Gasteiger partial charge in [0.25, 0.3) is 0 Å². The first kappa shape index (κ1) is 12.1. The van der Waals surface area contributed by atoms with Gasteiger partial charge in [0.2, 0.25) is 0 Å². The Morgan fingerprint density at radius 2 is 2.43 bits per heavy atom. The molecule has 80 valence electrons. The third kappa shape index (κ3) is 4.49. The third-order valence-corrected chi connectivity index (χ3v) is 4.13. The van der Waals surface area contributed by atoms with Crippen molar-refractivity contribution in [3.8, 4) is 0 Å². The molecule has 0 radical (unpaired) electrons. The van der Waals surface area contributed by atoms with E-state index in [0.717, 1.165) is 6.54 Å². The Morgan fingerprint density at radius 3 is 3.07 bits per heavy atom. The number of nitrogens with one attached hydrogen (secondary N) is 1. The molecule has 0 aliphatic heterocycles. The molecule has 1 nitrogen and oxygen atoms in total. The van der Waals surface area contributed by atoms with Gasteiger partial charge in [0.05, 0.1) is 0 Å². The van der Waals surface area contributed by atoms with E-state index in [1.54, 1.807) is 0 Å². The van der Waals surface area contributed by atoms with Gasteiger partial charge in [-0.1, -0.05) is 13.0 Å². The Bertz CT molecular complexity index is 221. The maximum Gasteiger partial charge on any atom is 0.0386 e. The zero-order valence-corrected chi connectivity index (χ0v) is 10.6. The molecule has 1 atom stereocenters. The highest BCUT2D eigenvalue weighted by molar-refractivity contribution is 7.99. The monoisotopic (exact) mass is 229 g/mol. The fraction of sp³-hybridized carbons (Fsp3) is 0.636. The fourth-order valence-electron chi connectivity index (χ4n) is 1.28. The molecule has 1 aromatic rings. The molecule has 1 aromatic heterocycles. The molecule has 0 bridgehead atoms. The molecule has 1 heterocycles. The lowest BCUT2D eigenvalue weighted by atomic mass is 10.2. The largest absolute Gasteiger partial charge is 0.309 e. The quantitative estimate of drug-likeness (QED) is 0.718. The van der Waals surface area contributed by atoms with E-state index < -0.39 is 0 Å². The van der Waals surface area contributed by atoms with Crippen molar-refractivity contribution in [2.24, 2.45) is 0 Å². The Balaban J connectivity index is 2.07. The van der Waals surface area contributed by atoms with Gasteiger partial charge in [0.1, 0.15) is 0 Å². The highest BCUT2D eigenvalue weighted by Gasteiger charge is 2.03. The maximum atomic E-state index is 3.54. The van der Waals surface area contributed by atoms with Crippen LogP contribution in [0.25, 0.3) is 0 Å². The van der Waals surface area contributed by atoms with Crippen molar-refractivity contribution < 1.29 is 0 Å². The van der Waals surface area contributed by atoms with Gasteiger partial charge in [-0.25, -0.2) is 0 Å². The summed E-state index contributed by atoms with van der Waals surface area (Å²) < 4.78 is 0. The highest BCUT2D eigenvalue weighted by Crippen LogP contribution is 2.17. The summed E-state index contributed by atoms with van der Waals surface area (Å²) >= 11 is 3.85. The van der Waals surface area contributed by atoms with Crippen LogP contribution in [0.15, 0.2) is 17.5 Å². The summed E-state index contributed by atoms with van der Waals surface area (Å²) in [7, 11) is 0. The summed E-state index contributed by atoms with van der Waals surface area (Å²) in [5, 5.41) is 5.68. The van der Waals surface area contributed by atoms with Crippen molar-refractivity contribution in [2.45, 2.75) is 26.3 Å². The average Bonchev–Trinajstić information content (AvgIpc) is 2.70. The van der Waals surface area contributed by atoms with E-state index >= 15 is 0 Å². The minimum absolute atomic E-state index is 0.515. The minimum atomic E-state index is 0.515. The zero-order chi connectivity index (χ0) is 10.2. The summed E-state index contributed by atoms with van der Waals surface area (Å²) in [6.45, 7) is 5.58. The molecule has 0 saturated heterocycles. The van der Waals surface area contributed by atoms with E-state index in [2.05, 4.69) is 36.7 Å². The van der Waals surface area contributed by atoms with E-state index in [9.17, 15) is 0 Å². The number of thioether (sulfide) groups is 1. The maximum absolute atomic E-state index is 3.54. The van der Waals surface area contributed by atoms with Crippen molar-refractivity contribution in [1.82, 2.24) is 5.32 Å². The first-order valence-electron chi connectivity index (χ1n) is 5.19. The SMILES string of the molecule is CCSCCCN[C@@H](C)c1cccs1. The van der Waals surface area contributed by atoms with E-state index in [-0.39, 0.29) is 0 Å². The number of thiophene rings is 1. The van der Waals surface area contributed by atoms with E-state index in [1.165, 1.54) is 22.8 Å². The van der Waals surface area contributed by atoms with Crippen molar-refractivity contribution in [3.63, 3.8) is 0 Å². The highest BCUT2D eigenvalue weighted by atomic mass is 32.2. The van der Waals surface area contributed by atoms with Crippen LogP contribution < -0.4 is 5.32 Å². The smallest absolute Gasteiger partial charge is 0.0386 e. The molecule has 0 saturated carbocycles. The third-order valence-electron chi connectivity index (χ3n) is 2.09. The first-order valence-corrected chi connectivity index (χ1v) is 7.22. The number of hydrogen-bond acceptors (Lipinski definition) is 3. The van der Waals surface area contributed by atoms with E-state index in [4.69, 9.17) is 0 Å². The molecule has 0 unspecified atom stereocenters. The van der Waals surface area contributed by atoms with Gasteiger partial charge < -0.3 is 5.32 Å². The summed E-state index contributed by atoms with van der Waals surface area (Å²) in [6, 6.07) is 4.83. The van der Waals surface area contributed by atoms with Crippen LogP contribution in [0.5, 0.6) is 0 Å². The van der Waals surface area contributed by atoms with Crippen LogP contribution in [0.1, 0.15) is 31.2 Å². The molecule has 14 heavy (non-hydrogen) atoms. The molecule has 0 aliphatic carbocycles. The Labute approximate surface area is 95.3 Å². The van der Waals surface area contributed by atoms with Gasteiger partial charge in [0.15, 0.2) is 0 Å². The number of rotatable bonds is 7. The first-order chi connectivity index (χ1) is 6.84. The second-order valence-electron chi connectivity index (χ2n) is 3.24. The normalized spacial score (nSPS) is 13.0. The van der Waals surface area contributed by atoms with E-state index in [0.29, 0.717) is 6.04 Å². The van der Waals surface area contributed by atoms with Crippen LogP contribution in [0.2, 0.25) is 0 Å². The Kier molecular flexibility index (Phi) is 6.32. The van der Waals surface area contributed by atoms with Crippen molar-refractivity contribution in [2.75, 3.05) is 18.1 Å². The molecule has 0 aromatic carbocycles. The van der Waals surface area contributed by atoms with Crippen LogP contribution in [-0.4, -0.2) is 18.1 Å². The Morgan fingerprint density at radius 1 is 1.57 bits per heavy atom. The zero-order valence-electron chi connectivity index (χ0n) is 8.95. The van der Waals surface area contributed by atoms with Gasteiger partial charge in [-0.15, -0.1) is 11.3 Å². The molecule has 0 aliphatic rings. The van der Waals surface area contributed by atoms with Gasteiger partial charge >= 0.3 is 0 Å². The van der Waals surface area contributed by atoms with Crippen molar-refractivity contribution >= 4 is 23.1 Å². The lowest BCUT2D eigenvalue weighted by molar-refractivity contribution is 0.580. The molecule has 1 N–H and O–H groups in total. The van der Waals surface area contributed by atoms with Crippen LogP contribution in [0, 0.1) is 0 Å². The van der Waals surface area contributed by atoms with Gasteiger partial charge in [-0.05, 0) is 42.8 Å². The lowest BCUT2D eigenvalue weighted by Crippen LogP contribution is -2.19.